The Balaban J connectivity index is 2.23. The first kappa shape index (κ1) is 31.2. The molecule has 38 heavy (non-hydrogen) atoms. The van der Waals surface area contributed by atoms with Gasteiger partial charge in [0.05, 0.1) is 6.10 Å². The summed E-state index contributed by atoms with van der Waals surface area (Å²) in [5, 5.41) is 24.7. The van der Waals surface area contributed by atoms with Gasteiger partial charge in [-0.3, -0.25) is 19.4 Å². The van der Waals surface area contributed by atoms with Gasteiger partial charge in [0.25, 0.3) is 0 Å². The third-order valence-corrected chi connectivity index (χ3v) is 7.35. The topological polar surface area (TPSA) is 252 Å². The minimum atomic E-state index is -1.22. The van der Waals surface area contributed by atoms with Crippen molar-refractivity contribution >= 4 is 29.7 Å². The summed E-state index contributed by atoms with van der Waals surface area (Å²) < 4.78 is 0. The summed E-state index contributed by atoms with van der Waals surface area (Å²) in [6, 6.07) is -4.39. The molecule has 216 valence electrons. The number of aliphatic hydroxyl groups is 1. The van der Waals surface area contributed by atoms with Crippen LogP contribution in [0, 0.1) is 5.92 Å². The monoisotopic (exact) mass is 540 g/mol. The maximum atomic E-state index is 13.9. The van der Waals surface area contributed by atoms with Crippen molar-refractivity contribution in [3.8, 4) is 0 Å². The van der Waals surface area contributed by atoms with Crippen LogP contribution in [0.2, 0.25) is 0 Å². The highest BCUT2D eigenvalue weighted by molar-refractivity contribution is 5.95. The average molecular weight is 541 g/mol. The van der Waals surface area contributed by atoms with Crippen molar-refractivity contribution in [3.63, 3.8) is 0 Å². The lowest BCUT2D eigenvalue weighted by Crippen LogP contribution is -2.67. The van der Waals surface area contributed by atoms with Crippen LogP contribution in [0.5, 0.6) is 0 Å². The Labute approximate surface area is 222 Å². The van der Waals surface area contributed by atoms with Crippen molar-refractivity contribution in [1.29, 1.82) is 0 Å². The second-order valence-corrected chi connectivity index (χ2v) is 10.2. The molecule has 12 N–H and O–H groups in total. The average Bonchev–Trinajstić information content (AvgIpc) is 2.88. The molecule has 3 aliphatic rings. The molecule has 2 aliphatic heterocycles. The molecule has 14 nitrogen and oxygen atoms in total. The second-order valence-electron chi connectivity index (χ2n) is 10.2. The van der Waals surface area contributed by atoms with E-state index in [1.54, 1.807) is 0 Å². The Morgan fingerprint density at radius 3 is 2.18 bits per heavy atom. The van der Waals surface area contributed by atoms with E-state index in [0.29, 0.717) is 32.2 Å². The zero-order valence-corrected chi connectivity index (χ0v) is 22.1. The van der Waals surface area contributed by atoms with Crippen molar-refractivity contribution in [1.82, 2.24) is 15.5 Å². The Bertz CT molecular complexity index is 857. The molecule has 0 spiro atoms. The maximum Gasteiger partial charge on any atom is 0.326 e. The number of carbonyl (C=O) groups is 4. The van der Waals surface area contributed by atoms with Crippen molar-refractivity contribution in [3.05, 3.63) is 0 Å². The molecule has 5 atom stereocenters. The molecule has 3 amide bonds. The molecule has 14 heteroatoms. The Morgan fingerprint density at radius 1 is 1.00 bits per heavy atom. The molecule has 0 unspecified atom stereocenters. The van der Waals surface area contributed by atoms with Gasteiger partial charge in [-0.2, -0.15) is 0 Å². The molecule has 2 heterocycles. The fraction of sp³-hybridized carbons (Fsp3) is 0.792. The van der Waals surface area contributed by atoms with Crippen LogP contribution in [0.3, 0.4) is 0 Å². The highest BCUT2D eigenvalue weighted by Gasteiger charge is 2.49. The molecule has 0 aromatic rings. The molecule has 3 rings (SSSR count). The van der Waals surface area contributed by atoms with E-state index in [2.05, 4.69) is 15.6 Å². The number of piperidine rings is 2. The highest BCUT2D eigenvalue weighted by Crippen LogP contribution is 2.40. The quantitative estimate of drug-likeness (QED) is 0.0626. The third-order valence-electron chi connectivity index (χ3n) is 7.35. The number of guanidine groups is 1. The SMILES string of the molecule is C[C@@H](O)[C@H](N)C(=O)N[C@@H](CCCCN)C(=O)N1C2CCC(CC2)[C@H]1C(=O)N[C@@H](CCCN=C(N)N)C(=O)O. The molecule has 1 aliphatic carbocycles. The number of unbranched alkanes of at least 4 members (excludes halogenated alkanes) is 1. The predicted octanol–water partition coefficient (Wildman–Crippen LogP) is -2.30. The second kappa shape index (κ2) is 14.8. The first-order valence-electron chi connectivity index (χ1n) is 13.3. The number of rotatable bonds is 15. The molecular weight excluding hydrogens is 496 g/mol. The molecule has 2 bridgehead atoms. The van der Waals surface area contributed by atoms with Gasteiger partial charge in [-0.1, -0.05) is 0 Å². The Morgan fingerprint density at radius 2 is 1.63 bits per heavy atom. The number of hydrogen-bond acceptors (Lipinski definition) is 8. The molecule has 1 saturated carbocycles. The molecule has 0 radical (unpaired) electrons. The van der Waals surface area contributed by atoms with Gasteiger partial charge in [0.15, 0.2) is 5.96 Å². The molecule has 3 fully saturated rings. The van der Waals surface area contributed by atoms with Gasteiger partial charge in [-0.15, -0.1) is 0 Å². The summed E-state index contributed by atoms with van der Waals surface area (Å²) >= 11 is 0. The van der Waals surface area contributed by atoms with Crippen molar-refractivity contribution in [2.24, 2.45) is 33.8 Å². The van der Waals surface area contributed by atoms with Crippen molar-refractivity contribution in [2.75, 3.05) is 13.1 Å². The Hall–Kier alpha value is -2.97. The summed E-state index contributed by atoms with van der Waals surface area (Å²) in [4.78, 5) is 57.2. The van der Waals surface area contributed by atoms with E-state index in [4.69, 9.17) is 22.9 Å². The summed E-state index contributed by atoms with van der Waals surface area (Å²) in [6.07, 6.45) is 3.76. The maximum absolute atomic E-state index is 13.9. The number of fused-ring (bicyclic) bond motifs is 3. The minimum absolute atomic E-state index is 0.101. The smallest absolute Gasteiger partial charge is 0.326 e. The predicted molar refractivity (Wildman–Crippen MR) is 140 cm³/mol. The van der Waals surface area contributed by atoms with E-state index in [0.717, 1.165) is 25.7 Å². The van der Waals surface area contributed by atoms with Gasteiger partial charge >= 0.3 is 5.97 Å². The van der Waals surface area contributed by atoms with E-state index in [9.17, 15) is 29.4 Å². The van der Waals surface area contributed by atoms with Crippen LogP contribution in [-0.2, 0) is 19.2 Å². The van der Waals surface area contributed by atoms with Gasteiger partial charge in [-0.25, -0.2) is 4.79 Å². The molecule has 0 aromatic carbocycles. The minimum Gasteiger partial charge on any atom is -0.480 e. The normalized spacial score (nSPS) is 23.6. The van der Waals surface area contributed by atoms with E-state index in [-0.39, 0.29) is 30.9 Å². The molecule has 0 aromatic heterocycles. The van der Waals surface area contributed by atoms with Gasteiger partial charge in [0.1, 0.15) is 24.2 Å². The number of aliphatic carboxylic acids is 1. The lowest BCUT2D eigenvalue weighted by molar-refractivity contribution is -0.157. The van der Waals surface area contributed by atoms with Crippen LogP contribution < -0.4 is 33.6 Å². The number of nitrogens with two attached hydrogens (primary N) is 4. The fourth-order valence-electron chi connectivity index (χ4n) is 5.24. The van der Waals surface area contributed by atoms with Gasteiger partial charge in [-0.05, 0) is 77.2 Å². The van der Waals surface area contributed by atoms with Gasteiger partial charge in [0.2, 0.25) is 17.7 Å². The standard InChI is InChI=1S/C24H44N8O6/c1-13(33)18(26)20(34)30-16(5-2-3-11-25)22(36)32-15-9-7-14(8-10-15)19(32)21(35)31-17(23(37)38)6-4-12-29-24(27)28/h13-19,33H,2-12,25-26H2,1H3,(H,30,34)(H,31,35)(H,37,38)(H4,27,28,29)/t13-,14?,15?,16+,17+,18+,19+/m1/s1. The van der Waals surface area contributed by atoms with Crippen LogP contribution in [0.25, 0.3) is 0 Å². The zero-order chi connectivity index (χ0) is 28.4. The number of nitrogens with one attached hydrogen (secondary N) is 2. The van der Waals surface area contributed by atoms with Crippen molar-refractivity contribution < 1.29 is 29.4 Å². The lowest BCUT2D eigenvalue weighted by Gasteiger charge is -2.51. The summed E-state index contributed by atoms with van der Waals surface area (Å²) in [7, 11) is 0. The number of carboxylic acid groups (broad SMARTS) is 1. The Kier molecular flexibility index (Phi) is 12.2. The fourth-order valence-corrected chi connectivity index (χ4v) is 5.24. The lowest BCUT2D eigenvalue weighted by atomic mass is 9.73. The number of aliphatic imine (C=N–C) groups is 1. The molecular formula is C24H44N8O6. The first-order valence-corrected chi connectivity index (χ1v) is 13.3. The third kappa shape index (κ3) is 8.53. The van der Waals surface area contributed by atoms with Gasteiger partial charge < -0.3 is 48.7 Å². The largest absolute Gasteiger partial charge is 0.480 e. The van der Waals surface area contributed by atoms with E-state index in [1.807, 2.05) is 0 Å². The van der Waals surface area contributed by atoms with Crippen LogP contribution >= 0.6 is 0 Å². The zero-order valence-electron chi connectivity index (χ0n) is 22.1. The van der Waals surface area contributed by atoms with Crippen LogP contribution in [-0.4, -0.2) is 94.2 Å². The van der Waals surface area contributed by atoms with E-state index < -0.39 is 54.0 Å². The van der Waals surface area contributed by atoms with Crippen LogP contribution in [0.1, 0.15) is 64.7 Å². The van der Waals surface area contributed by atoms with Crippen LogP contribution in [0.4, 0.5) is 0 Å². The summed E-state index contributed by atoms with van der Waals surface area (Å²) in [5.74, 6) is -3.03. The van der Waals surface area contributed by atoms with Gasteiger partial charge in [0, 0.05) is 12.6 Å². The summed E-state index contributed by atoms with van der Waals surface area (Å²) in [5.41, 5.74) is 22.0. The summed E-state index contributed by atoms with van der Waals surface area (Å²) in [6.45, 7) is 2.02. The molecule has 2 saturated heterocycles. The van der Waals surface area contributed by atoms with E-state index in [1.165, 1.54) is 11.8 Å². The number of aliphatic hydroxyl groups excluding tert-OH is 1. The number of amides is 3. The highest BCUT2D eigenvalue weighted by atomic mass is 16.4. The first-order chi connectivity index (χ1) is 18.0. The number of nitrogens with zero attached hydrogens (tertiary/aromatic N) is 2. The number of hydrogen-bond donors (Lipinski definition) is 8. The number of carbonyl (C=O) groups excluding carboxylic acids is 3. The number of carboxylic acids is 1. The van der Waals surface area contributed by atoms with E-state index >= 15 is 0 Å². The van der Waals surface area contributed by atoms with Crippen LogP contribution in [0.15, 0.2) is 4.99 Å². The van der Waals surface area contributed by atoms with Crippen molar-refractivity contribution in [2.45, 2.75) is 101 Å².